The molecule has 0 unspecified atom stereocenters. The Balaban J connectivity index is 0.00000145. The molecule has 0 spiro atoms. The molecule has 3 rings (SSSR count). The maximum absolute atomic E-state index is 4.22. The SMILES string of the molecule is C=C(C)c1sccc1-c1c(C)c(CC)cc(C)c1-c1ccc(C(C)C)cc1.CC. The predicted molar refractivity (Wildman–Crippen MR) is 134 cm³/mol. The highest BCUT2D eigenvalue weighted by Gasteiger charge is 2.19. The minimum absolute atomic E-state index is 0.552. The highest BCUT2D eigenvalue weighted by Crippen LogP contribution is 2.43. The molecule has 0 saturated heterocycles. The summed E-state index contributed by atoms with van der Waals surface area (Å²) in [5.41, 5.74) is 12.1. The minimum atomic E-state index is 0.552. The van der Waals surface area contributed by atoms with Crippen LogP contribution in [-0.4, -0.2) is 0 Å². The lowest BCUT2D eigenvalue weighted by molar-refractivity contribution is 0.867. The molecule has 1 heterocycles. The molecule has 0 bridgehead atoms. The van der Waals surface area contributed by atoms with Crippen molar-refractivity contribution in [2.45, 2.75) is 67.7 Å². The summed E-state index contributed by atoms with van der Waals surface area (Å²) < 4.78 is 0. The smallest absolute Gasteiger partial charge is 0.0372 e. The van der Waals surface area contributed by atoms with Crippen molar-refractivity contribution in [2.24, 2.45) is 0 Å². The fourth-order valence-electron chi connectivity index (χ4n) is 3.93. The minimum Gasteiger partial charge on any atom is -0.144 e. The molecule has 0 amide bonds. The topological polar surface area (TPSA) is 0 Å². The van der Waals surface area contributed by atoms with Crippen molar-refractivity contribution in [3.63, 3.8) is 0 Å². The molecular weight excluding hydrogens is 368 g/mol. The summed E-state index contributed by atoms with van der Waals surface area (Å²) in [6, 6.07) is 13.8. The Morgan fingerprint density at radius 1 is 1.00 bits per heavy atom. The second-order valence-electron chi connectivity index (χ2n) is 7.80. The van der Waals surface area contributed by atoms with E-state index in [2.05, 4.69) is 89.9 Å². The normalized spacial score (nSPS) is 10.7. The van der Waals surface area contributed by atoms with E-state index >= 15 is 0 Å². The van der Waals surface area contributed by atoms with E-state index in [4.69, 9.17) is 0 Å². The van der Waals surface area contributed by atoms with Crippen LogP contribution in [0.1, 0.15) is 74.6 Å². The van der Waals surface area contributed by atoms with Crippen LogP contribution in [0, 0.1) is 13.8 Å². The van der Waals surface area contributed by atoms with Gasteiger partial charge in [-0.2, -0.15) is 0 Å². The zero-order valence-electron chi connectivity index (χ0n) is 19.4. The van der Waals surface area contributed by atoms with E-state index in [1.54, 1.807) is 11.3 Å². The quantitative estimate of drug-likeness (QED) is 0.397. The monoisotopic (exact) mass is 404 g/mol. The first-order valence-electron chi connectivity index (χ1n) is 10.8. The fourth-order valence-corrected chi connectivity index (χ4v) is 4.77. The summed E-state index contributed by atoms with van der Waals surface area (Å²) in [7, 11) is 0. The molecule has 3 aromatic rings. The molecule has 0 aliphatic heterocycles. The number of hydrogen-bond acceptors (Lipinski definition) is 1. The van der Waals surface area contributed by atoms with Gasteiger partial charge in [0.2, 0.25) is 0 Å². The first kappa shape index (κ1) is 23.2. The molecule has 0 fully saturated rings. The van der Waals surface area contributed by atoms with Crippen LogP contribution < -0.4 is 0 Å². The fraction of sp³-hybridized carbons (Fsp3) is 0.357. The average molecular weight is 405 g/mol. The number of thiophene rings is 1. The maximum atomic E-state index is 4.22. The van der Waals surface area contributed by atoms with Gasteiger partial charge in [0.25, 0.3) is 0 Å². The van der Waals surface area contributed by atoms with Crippen molar-refractivity contribution >= 4 is 16.9 Å². The van der Waals surface area contributed by atoms with E-state index in [9.17, 15) is 0 Å². The van der Waals surface area contributed by atoms with Crippen LogP contribution in [0.5, 0.6) is 0 Å². The van der Waals surface area contributed by atoms with Gasteiger partial charge >= 0.3 is 0 Å². The van der Waals surface area contributed by atoms with Crippen molar-refractivity contribution in [2.75, 3.05) is 0 Å². The van der Waals surface area contributed by atoms with E-state index in [1.165, 1.54) is 49.4 Å². The van der Waals surface area contributed by atoms with Gasteiger partial charge in [0.05, 0.1) is 0 Å². The lowest BCUT2D eigenvalue weighted by Crippen LogP contribution is -1.99. The Kier molecular flexibility index (Phi) is 8.05. The van der Waals surface area contributed by atoms with Gasteiger partial charge in [0.15, 0.2) is 0 Å². The second-order valence-corrected chi connectivity index (χ2v) is 8.72. The lowest BCUT2D eigenvalue weighted by atomic mass is 9.84. The molecule has 29 heavy (non-hydrogen) atoms. The first-order chi connectivity index (χ1) is 13.8. The zero-order chi connectivity index (χ0) is 21.7. The van der Waals surface area contributed by atoms with E-state index < -0.39 is 0 Å². The maximum Gasteiger partial charge on any atom is 0.0372 e. The molecule has 0 saturated carbocycles. The molecule has 0 atom stereocenters. The molecule has 1 aromatic heterocycles. The number of hydrogen-bond donors (Lipinski definition) is 0. The molecular formula is C28H36S. The zero-order valence-corrected chi connectivity index (χ0v) is 20.3. The molecule has 0 aliphatic carbocycles. The van der Waals surface area contributed by atoms with Crippen LogP contribution in [-0.2, 0) is 6.42 Å². The van der Waals surface area contributed by atoms with E-state index in [-0.39, 0.29) is 0 Å². The number of allylic oxidation sites excluding steroid dienone is 1. The van der Waals surface area contributed by atoms with Gasteiger partial charge < -0.3 is 0 Å². The van der Waals surface area contributed by atoms with Gasteiger partial charge in [-0.25, -0.2) is 0 Å². The Hall–Kier alpha value is -2.12. The van der Waals surface area contributed by atoms with Crippen molar-refractivity contribution in [1.29, 1.82) is 0 Å². The van der Waals surface area contributed by atoms with Gasteiger partial charge in [-0.1, -0.05) is 71.5 Å². The summed E-state index contributed by atoms with van der Waals surface area (Å²) in [5.74, 6) is 0.552. The summed E-state index contributed by atoms with van der Waals surface area (Å²) in [4.78, 5) is 1.30. The van der Waals surface area contributed by atoms with Crippen molar-refractivity contribution in [3.05, 3.63) is 75.5 Å². The van der Waals surface area contributed by atoms with Crippen molar-refractivity contribution in [3.8, 4) is 22.3 Å². The molecule has 154 valence electrons. The summed E-state index contributed by atoms with van der Waals surface area (Å²) >= 11 is 1.79. The summed E-state index contributed by atoms with van der Waals surface area (Å²) in [6.45, 7) is 21.6. The number of benzene rings is 2. The highest BCUT2D eigenvalue weighted by molar-refractivity contribution is 7.11. The Morgan fingerprint density at radius 3 is 2.14 bits per heavy atom. The third kappa shape index (κ3) is 4.73. The lowest BCUT2D eigenvalue weighted by Gasteiger charge is -2.20. The van der Waals surface area contributed by atoms with Crippen molar-refractivity contribution in [1.82, 2.24) is 0 Å². The summed E-state index contributed by atoms with van der Waals surface area (Å²) in [5, 5.41) is 2.19. The number of rotatable bonds is 5. The highest BCUT2D eigenvalue weighted by atomic mass is 32.1. The van der Waals surface area contributed by atoms with Crippen LogP contribution in [0.2, 0.25) is 0 Å². The van der Waals surface area contributed by atoms with E-state index in [0.29, 0.717) is 5.92 Å². The third-order valence-electron chi connectivity index (χ3n) is 5.46. The first-order valence-corrected chi connectivity index (χ1v) is 11.7. The Labute approximate surface area is 182 Å². The molecule has 0 aliphatic rings. The van der Waals surface area contributed by atoms with Gasteiger partial charge in [-0.05, 0) is 89.1 Å². The van der Waals surface area contributed by atoms with E-state index in [0.717, 1.165) is 12.0 Å². The standard InChI is InChI=1S/C26H30S.C2H6/c1-8-20-15-18(6)24(22-11-9-21(10-12-22)16(2)3)25(19(20)7)23-13-14-27-26(23)17(4)5;1-2/h9-16H,4,8H2,1-3,5-7H3;1-2H3. The largest absolute Gasteiger partial charge is 0.144 e. The average Bonchev–Trinajstić information content (AvgIpc) is 3.20. The van der Waals surface area contributed by atoms with Crippen LogP contribution in [0.15, 0.2) is 48.4 Å². The van der Waals surface area contributed by atoms with Crippen LogP contribution >= 0.6 is 11.3 Å². The summed E-state index contributed by atoms with van der Waals surface area (Å²) in [6.07, 6.45) is 1.05. The Bertz CT molecular complexity index is 968. The second kappa shape index (κ2) is 10.1. The molecule has 2 aromatic carbocycles. The van der Waals surface area contributed by atoms with Gasteiger partial charge in [0.1, 0.15) is 0 Å². The van der Waals surface area contributed by atoms with Gasteiger partial charge in [-0.3, -0.25) is 0 Å². The molecule has 0 radical (unpaired) electrons. The van der Waals surface area contributed by atoms with Gasteiger partial charge in [-0.15, -0.1) is 11.3 Å². The van der Waals surface area contributed by atoms with Gasteiger partial charge in [0, 0.05) is 10.4 Å². The third-order valence-corrected chi connectivity index (χ3v) is 6.54. The molecule has 0 N–H and O–H groups in total. The van der Waals surface area contributed by atoms with Crippen LogP contribution in [0.4, 0.5) is 0 Å². The van der Waals surface area contributed by atoms with Crippen LogP contribution in [0.25, 0.3) is 27.8 Å². The molecule has 0 nitrogen and oxygen atoms in total. The van der Waals surface area contributed by atoms with Crippen molar-refractivity contribution < 1.29 is 0 Å². The van der Waals surface area contributed by atoms with Crippen LogP contribution in [0.3, 0.4) is 0 Å². The van der Waals surface area contributed by atoms with E-state index in [1.807, 2.05) is 13.8 Å². The predicted octanol–water partition coefficient (Wildman–Crippen LogP) is 9.44. The molecule has 1 heteroatoms. The number of aryl methyl sites for hydroxylation is 2. The Morgan fingerprint density at radius 2 is 1.62 bits per heavy atom.